The minimum absolute atomic E-state index is 0.00462. The van der Waals surface area contributed by atoms with Crippen LogP contribution in [0.3, 0.4) is 0 Å². The SMILES string of the molecule is Cc1ccc(OCCOc2cc(F)ccc2C(=O)O)cc1. The molecule has 0 amide bonds. The molecular formula is C16H15FO4. The molecule has 0 saturated carbocycles. The Hall–Kier alpha value is -2.56. The fourth-order valence-electron chi connectivity index (χ4n) is 1.74. The van der Waals surface area contributed by atoms with Gasteiger partial charge >= 0.3 is 5.97 Å². The summed E-state index contributed by atoms with van der Waals surface area (Å²) in [6.07, 6.45) is 0. The Morgan fingerprint density at radius 1 is 1.10 bits per heavy atom. The number of ether oxygens (including phenoxy) is 2. The number of carboxylic acids is 1. The number of aryl methyl sites for hydroxylation is 1. The van der Waals surface area contributed by atoms with Gasteiger partial charge in [-0.25, -0.2) is 9.18 Å². The Morgan fingerprint density at radius 3 is 2.43 bits per heavy atom. The molecule has 0 saturated heterocycles. The molecule has 0 aliphatic heterocycles. The van der Waals surface area contributed by atoms with Gasteiger partial charge in [0.05, 0.1) is 0 Å². The molecule has 110 valence electrons. The first-order valence-electron chi connectivity index (χ1n) is 6.41. The summed E-state index contributed by atoms with van der Waals surface area (Å²) in [5.74, 6) is -1.02. The minimum Gasteiger partial charge on any atom is -0.490 e. The van der Waals surface area contributed by atoms with Crippen LogP contribution < -0.4 is 9.47 Å². The third-order valence-electron chi connectivity index (χ3n) is 2.80. The zero-order valence-electron chi connectivity index (χ0n) is 11.5. The van der Waals surface area contributed by atoms with Crippen molar-refractivity contribution in [2.24, 2.45) is 0 Å². The first-order chi connectivity index (χ1) is 10.1. The quantitative estimate of drug-likeness (QED) is 0.829. The largest absolute Gasteiger partial charge is 0.490 e. The van der Waals surface area contributed by atoms with Crippen molar-refractivity contribution in [2.75, 3.05) is 13.2 Å². The second kappa shape index (κ2) is 6.74. The van der Waals surface area contributed by atoms with Crippen molar-refractivity contribution in [1.29, 1.82) is 0 Å². The van der Waals surface area contributed by atoms with Crippen LogP contribution in [0.4, 0.5) is 4.39 Å². The number of hydrogen-bond acceptors (Lipinski definition) is 3. The molecule has 0 bridgehead atoms. The summed E-state index contributed by atoms with van der Waals surface area (Å²) in [6, 6.07) is 10.8. The van der Waals surface area contributed by atoms with Gasteiger partial charge in [0.1, 0.15) is 36.1 Å². The number of benzene rings is 2. The highest BCUT2D eigenvalue weighted by Crippen LogP contribution is 2.20. The maximum absolute atomic E-state index is 13.1. The van der Waals surface area contributed by atoms with E-state index in [1.807, 2.05) is 31.2 Å². The molecule has 1 N–H and O–H groups in total. The molecule has 0 atom stereocenters. The van der Waals surface area contributed by atoms with E-state index in [1.165, 1.54) is 6.07 Å². The molecule has 21 heavy (non-hydrogen) atoms. The summed E-state index contributed by atoms with van der Waals surface area (Å²) in [5.41, 5.74) is 1.05. The van der Waals surface area contributed by atoms with Crippen molar-refractivity contribution >= 4 is 5.97 Å². The zero-order chi connectivity index (χ0) is 15.2. The van der Waals surface area contributed by atoms with Crippen molar-refractivity contribution < 1.29 is 23.8 Å². The highest BCUT2D eigenvalue weighted by molar-refractivity contribution is 5.90. The first-order valence-corrected chi connectivity index (χ1v) is 6.41. The summed E-state index contributed by atoms with van der Waals surface area (Å²) in [7, 11) is 0. The van der Waals surface area contributed by atoms with E-state index in [-0.39, 0.29) is 24.5 Å². The predicted octanol–water partition coefficient (Wildman–Crippen LogP) is 3.29. The number of aromatic carboxylic acids is 1. The zero-order valence-corrected chi connectivity index (χ0v) is 11.5. The second-order valence-electron chi connectivity index (χ2n) is 4.46. The van der Waals surface area contributed by atoms with Gasteiger partial charge in [-0.1, -0.05) is 17.7 Å². The normalized spacial score (nSPS) is 10.2. The number of halogens is 1. The monoisotopic (exact) mass is 290 g/mol. The van der Waals surface area contributed by atoms with Crippen molar-refractivity contribution in [3.63, 3.8) is 0 Å². The second-order valence-corrected chi connectivity index (χ2v) is 4.46. The van der Waals surface area contributed by atoms with Gasteiger partial charge in [-0.2, -0.15) is 0 Å². The van der Waals surface area contributed by atoms with Crippen LogP contribution in [0.2, 0.25) is 0 Å². The summed E-state index contributed by atoms with van der Waals surface area (Å²) in [5, 5.41) is 8.98. The Bertz CT molecular complexity index is 623. The van der Waals surface area contributed by atoms with E-state index in [0.29, 0.717) is 5.75 Å². The van der Waals surface area contributed by atoms with Crippen LogP contribution >= 0.6 is 0 Å². The summed E-state index contributed by atoms with van der Waals surface area (Å²) in [4.78, 5) is 11.0. The lowest BCUT2D eigenvalue weighted by atomic mass is 10.2. The van der Waals surface area contributed by atoms with Crippen LogP contribution in [-0.4, -0.2) is 24.3 Å². The van der Waals surface area contributed by atoms with Crippen LogP contribution in [0.5, 0.6) is 11.5 Å². The van der Waals surface area contributed by atoms with Crippen LogP contribution in [0.1, 0.15) is 15.9 Å². The van der Waals surface area contributed by atoms with Gasteiger partial charge in [0, 0.05) is 6.07 Å². The minimum atomic E-state index is -1.16. The van der Waals surface area contributed by atoms with E-state index in [9.17, 15) is 9.18 Å². The molecule has 5 heteroatoms. The van der Waals surface area contributed by atoms with E-state index in [2.05, 4.69) is 0 Å². The van der Waals surface area contributed by atoms with E-state index < -0.39 is 11.8 Å². The molecule has 0 aromatic heterocycles. The number of hydrogen-bond donors (Lipinski definition) is 1. The highest BCUT2D eigenvalue weighted by atomic mass is 19.1. The molecule has 0 spiro atoms. The molecule has 2 aromatic carbocycles. The van der Waals surface area contributed by atoms with Crippen molar-refractivity contribution in [2.45, 2.75) is 6.92 Å². The molecule has 0 aliphatic rings. The smallest absolute Gasteiger partial charge is 0.339 e. The van der Waals surface area contributed by atoms with Gasteiger partial charge in [0.2, 0.25) is 0 Å². The van der Waals surface area contributed by atoms with E-state index >= 15 is 0 Å². The average molecular weight is 290 g/mol. The molecule has 0 fully saturated rings. The fourth-order valence-corrected chi connectivity index (χ4v) is 1.74. The van der Waals surface area contributed by atoms with Crippen LogP contribution in [0.25, 0.3) is 0 Å². The Kier molecular flexibility index (Phi) is 4.77. The number of carboxylic acid groups (broad SMARTS) is 1. The van der Waals surface area contributed by atoms with E-state index in [1.54, 1.807) is 0 Å². The Labute approximate surface area is 121 Å². The lowest BCUT2D eigenvalue weighted by Crippen LogP contribution is -2.11. The topological polar surface area (TPSA) is 55.8 Å². The van der Waals surface area contributed by atoms with Gasteiger partial charge in [0.15, 0.2) is 0 Å². The third-order valence-corrected chi connectivity index (χ3v) is 2.80. The molecule has 0 heterocycles. The van der Waals surface area contributed by atoms with Crippen LogP contribution in [0, 0.1) is 12.7 Å². The molecule has 2 aromatic rings. The van der Waals surface area contributed by atoms with Gasteiger partial charge in [-0.3, -0.25) is 0 Å². The third kappa shape index (κ3) is 4.21. The van der Waals surface area contributed by atoms with E-state index in [4.69, 9.17) is 14.6 Å². The van der Waals surface area contributed by atoms with Gasteiger partial charge in [-0.05, 0) is 31.2 Å². The maximum Gasteiger partial charge on any atom is 0.339 e. The molecule has 2 rings (SSSR count). The van der Waals surface area contributed by atoms with Gasteiger partial charge in [0.25, 0.3) is 0 Å². The maximum atomic E-state index is 13.1. The van der Waals surface area contributed by atoms with Crippen molar-refractivity contribution in [1.82, 2.24) is 0 Å². The summed E-state index contributed by atoms with van der Waals surface area (Å²) in [6.45, 7) is 2.33. The summed E-state index contributed by atoms with van der Waals surface area (Å²) < 4.78 is 23.8. The van der Waals surface area contributed by atoms with Crippen LogP contribution in [0.15, 0.2) is 42.5 Å². The van der Waals surface area contributed by atoms with Gasteiger partial charge in [-0.15, -0.1) is 0 Å². The standard InChI is InChI=1S/C16H15FO4/c1-11-2-5-13(6-3-11)20-8-9-21-15-10-12(17)4-7-14(15)16(18)19/h2-7,10H,8-9H2,1H3,(H,18,19). The van der Waals surface area contributed by atoms with Gasteiger partial charge < -0.3 is 14.6 Å². The Balaban J connectivity index is 1.90. The first kappa shape index (κ1) is 14.8. The Morgan fingerprint density at radius 2 is 1.76 bits per heavy atom. The molecule has 0 unspecified atom stereocenters. The highest BCUT2D eigenvalue weighted by Gasteiger charge is 2.12. The lowest BCUT2D eigenvalue weighted by molar-refractivity contribution is 0.0691. The number of carbonyl (C=O) groups is 1. The molecular weight excluding hydrogens is 275 g/mol. The number of rotatable bonds is 6. The molecule has 0 radical (unpaired) electrons. The van der Waals surface area contributed by atoms with E-state index in [0.717, 1.165) is 17.7 Å². The van der Waals surface area contributed by atoms with Crippen LogP contribution in [-0.2, 0) is 0 Å². The predicted molar refractivity (Wildman–Crippen MR) is 75.5 cm³/mol. The van der Waals surface area contributed by atoms with Crippen molar-refractivity contribution in [3.8, 4) is 11.5 Å². The van der Waals surface area contributed by atoms with Crippen molar-refractivity contribution in [3.05, 3.63) is 59.4 Å². The fraction of sp³-hybridized carbons (Fsp3) is 0.188. The summed E-state index contributed by atoms with van der Waals surface area (Å²) >= 11 is 0. The molecule has 4 nitrogen and oxygen atoms in total. The lowest BCUT2D eigenvalue weighted by Gasteiger charge is -2.10. The average Bonchev–Trinajstić information content (AvgIpc) is 2.45. The molecule has 0 aliphatic carbocycles.